The summed E-state index contributed by atoms with van der Waals surface area (Å²) in [5.74, 6) is 0.0435. The van der Waals surface area contributed by atoms with E-state index < -0.39 is 16.1 Å². The summed E-state index contributed by atoms with van der Waals surface area (Å²) in [6.45, 7) is -0.108. The van der Waals surface area contributed by atoms with Gasteiger partial charge in [0.15, 0.2) is 6.10 Å². The highest BCUT2D eigenvalue weighted by atomic mass is 35.5. The van der Waals surface area contributed by atoms with Crippen molar-refractivity contribution in [2.45, 2.75) is 55.6 Å². The van der Waals surface area contributed by atoms with Crippen LogP contribution in [0.25, 0.3) is 0 Å². The quantitative estimate of drug-likeness (QED) is 0.713. The van der Waals surface area contributed by atoms with Crippen LogP contribution >= 0.6 is 11.6 Å². The number of benzene rings is 2. The summed E-state index contributed by atoms with van der Waals surface area (Å²) in [4.78, 5) is 13.1. The summed E-state index contributed by atoms with van der Waals surface area (Å²) in [6, 6.07) is 13.1. The third kappa shape index (κ3) is 4.42. The second-order valence-corrected chi connectivity index (χ2v) is 10.1. The van der Waals surface area contributed by atoms with Gasteiger partial charge < -0.3 is 10.1 Å². The van der Waals surface area contributed by atoms with Gasteiger partial charge in [-0.25, -0.2) is 8.42 Å². The van der Waals surface area contributed by atoms with Gasteiger partial charge in [0.2, 0.25) is 0 Å². The topological polar surface area (TPSA) is 75.7 Å². The second-order valence-electron chi connectivity index (χ2n) is 7.76. The van der Waals surface area contributed by atoms with Gasteiger partial charge in [0.1, 0.15) is 5.75 Å². The fourth-order valence-corrected chi connectivity index (χ4v) is 5.68. The maximum atomic E-state index is 13.4. The summed E-state index contributed by atoms with van der Waals surface area (Å²) < 4.78 is 33.9. The molecule has 1 N–H and O–H groups in total. The molecule has 4 rings (SSSR count). The fraction of sp³-hybridized carbons (Fsp3) is 0.409. The number of rotatable bonds is 4. The Morgan fingerprint density at radius 3 is 2.43 bits per heavy atom. The van der Waals surface area contributed by atoms with Crippen LogP contribution < -0.4 is 14.4 Å². The minimum Gasteiger partial charge on any atom is -0.476 e. The lowest BCUT2D eigenvalue weighted by molar-refractivity contribution is -0.128. The van der Waals surface area contributed by atoms with E-state index in [0.29, 0.717) is 16.5 Å². The van der Waals surface area contributed by atoms with Gasteiger partial charge >= 0.3 is 0 Å². The Morgan fingerprint density at radius 1 is 1.03 bits per heavy atom. The Morgan fingerprint density at radius 2 is 1.73 bits per heavy atom. The van der Waals surface area contributed by atoms with Crippen LogP contribution in [0.3, 0.4) is 0 Å². The summed E-state index contributed by atoms with van der Waals surface area (Å²) in [7, 11) is -3.88. The molecule has 0 spiro atoms. The van der Waals surface area contributed by atoms with Gasteiger partial charge in [-0.1, -0.05) is 55.5 Å². The van der Waals surface area contributed by atoms with E-state index >= 15 is 0 Å². The molecule has 30 heavy (non-hydrogen) atoms. The number of ether oxygens (including phenoxy) is 1. The van der Waals surface area contributed by atoms with Gasteiger partial charge in [-0.05, 0) is 43.2 Å². The van der Waals surface area contributed by atoms with Gasteiger partial charge in [0.05, 0.1) is 17.1 Å². The van der Waals surface area contributed by atoms with Crippen molar-refractivity contribution in [2.24, 2.45) is 0 Å². The average molecular weight is 449 g/mol. The van der Waals surface area contributed by atoms with Gasteiger partial charge in [-0.2, -0.15) is 0 Å². The molecule has 0 radical (unpaired) electrons. The van der Waals surface area contributed by atoms with Crippen molar-refractivity contribution >= 4 is 33.2 Å². The number of nitrogens with one attached hydrogen (secondary N) is 1. The van der Waals surface area contributed by atoms with Crippen molar-refractivity contribution in [2.75, 3.05) is 10.8 Å². The van der Waals surface area contributed by atoms with E-state index in [-0.39, 0.29) is 23.4 Å². The molecule has 160 valence electrons. The van der Waals surface area contributed by atoms with E-state index in [1.165, 1.54) is 29.3 Å². The van der Waals surface area contributed by atoms with Gasteiger partial charge in [-0.3, -0.25) is 9.10 Å². The summed E-state index contributed by atoms with van der Waals surface area (Å²) in [5, 5.41) is 3.47. The molecule has 2 aromatic rings. The van der Waals surface area contributed by atoms with Crippen LogP contribution in [0.1, 0.15) is 38.5 Å². The van der Waals surface area contributed by atoms with Crippen molar-refractivity contribution in [1.82, 2.24) is 5.32 Å². The van der Waals surface area contributed by atoms with Crippen LogP contribution in [0, 0.1) is 0 Å². The molecule has 8 heteroatoms. The molecule has 6 nitrogen and oxygen atoms in total. The van der Waals surface area contributed by atoms with Gasteiger partial charge in [-0.15, -0.1) is 0 Å². The average Bonchev–Trinajstić information content (AvgIpc) is 3.02. The smallest absolute Gasteiger partial charge is 0.264 e. The molecule has 1 amide bonds. The molecule has 0 unspecified atom stereocenters. The first kappa shape index (κ1) is 21.0. The Balaban J connectivity index is 1.63. The predicted molar refractivity (Wildman–Crippen MR) is 116 cm³/mol. The maximum Gasteiger partial charge on any atom is 0.264 e. The third-order valence-electron chi connectivity index (χ3n) is 5.62. The van der Waals surface area contributed by atoms with E-state index in [9.17, 15) is 13.2 Å². The monoisotopic (exact) mass is 448 g/mol. The Kier molecular flexibility index (Phi) is 6.20. The zero-order valence-corrected chi connectivity index (χ0v) is 18.2. The van der Waals surface area contributed by atoms with E-state index in [4.69, 9.17) is 16.3 Å². The predicted octanol–water partition coefficient (Wildman–Crippen LogP) is 4.14. The second kappa shape index (κ2) is 8.86. The summed E-state index contributed by atoms with van der Waals surface area (Å²) >= 11 is 6.12. The van der Waals surface area contributed by atoms with E-state index in [1.807, 2.05) is 0 Å². The number of hydrogen-bond donors (Lipinski definition) is 1. The summed E-state index contributed by atoms with van der Waals surface area (Å²) in [6.07, 6.45) is 5.50. The Hall–Kier alpha value is -2.25. The molecule has 1 aliphatic heterocycles. The number of fused-ring (bicyclic) bond motifs is 1. The van der Waals surface area contributed by atoms with Crippen molar-refractivity contribution in [3.63, 3.8) is 0 Å². The molecule has 1 aliphatic carbocycles. The minimum absolute atomic E-state index is 0.106. The summed E-state index contributed by atoms with van der Waals surface area (Å²) in [5.41, 5.74) is 0.338. The highest BCUT2D eigenvalue weighted by molar-refractivity contribution is 7.92. The number of amides is 1. The third-order valence-corrected chi connectivity index (χ3v) is 7.64. The van der Waals surface area contributed by atoms with Crippen molar-refractivity contribution in [1.29, 1.82) is 0 Å². The van der Waals surface area contributed by atoms with Crippen LogP contribution in [0.2, 0.25) is 5.02 Å². The molecular formula is C22H25ClN2O4S. The normalized spacial score (nSPS) is 20.0. The lowest BCUT2D eigenvalue weighted by Crippen LogP contribution is -2.52. The van der Waals surface area contributed by atoms with Crippen LogP contribution in [-0.4, -0.2) is 33.0 Å². The zero-order chi connectivity index (χ0) is 21.1. The number of hydrogen-bond acceptors (Lipinski definition) is 4. The minimum atomic E-state index is -3.88. The van der Waals surface area contributed by atoms with E-state index in [0.717, 1.165) is 25.7 Å². The van der Waals surface area contributed by atoms with Crippen LogP contribution in [0.5, 0.6) is 5.75 Å². The van der Waals surface area contributed by atoms with Crippen molar-refractivity contribution in [3.05, 3.63) is 53.6 Å². The van der Waals surface area contributed by atoms with Gasteiger partial charge in [0, 0.05) is 11.1 Å². The van der Waals surface area contributed by atoms with E-state index in [2.05, 4.69) is 5.32 Å². The first-order valence-corrected chi connectivity index (χ1v) is 12.1. The molecule has 1 fully saturated rings. The Bertz CT molecular complexity index is 1010. The Labute approximate surface area is 182 Å². The molecule has 1 saturated carbocycles. The molecule has 2 aromatic carbocycles. The highest BCUT2D eigenvalue weighted by Crippen LogP contribution is 2.38. The lowest BCUT2D eigenvalue weighted by Gasteiger charge is -2.35. The van der Waals surface area contributed by atoms with Crippen LogP contribution in [0.15, 0.2) is 53.4 Å². The SMILES string of the molecule is O=C(NC1CCCCCC1)[C@@H]1CN(S(=O)(=O)c2ccccc2)c2cc(Cl)ccc2O1. The molecule has 0 saturated heterocycles. The van der Waals surface area contributed by atoms with E-state index in [1.54, 1.807) is 36.4 Å². The molecule has 0 aromatic heterocycles. The van der Waals surface area contributed by atoms with Crippen LogP contribution in [0.4, 0.5) is 5.69 Å². The highest BCUT2D eigenvalue weighted by Gasteiger charge is 2.38. The molecular weight excluding hydrogens is 424 g/mol. The number of sulfonamides is 1. The molecule has 1 heterocycles. The number of nitrogens with zero attached hydrogens (tertiary/aromatic N) is 1. The van der Waals surface area contributed by atoms with Crippen LogP contribution in [-0.2, 0) is 14.8 Å². The first-order valence-electron chi connectivity index (χ1n) is 10.3. The van der Waals surface area contributed by atoms with Gasteiger partial charge in [0.25, 0.3) is 15.9 Å². The fourth-order valence-electron chi connectivity index (χ4n) is 4.03. The maximum absolute atomic E-state index is 13.4. The van der Waals surface area contributed by atoms with Crippen molar-refractivity contribution in [3.8, 4) is 5.75 Å². The molecule has 0 bridgehead atoms. The number of carbonyl (C=O) groups excluding carboxylic acids is 1. The van der Waals surface area contributed by atoms with Crippen molar-refractivity contribution < 1.29 is 17.9 Å². The number of halogens is 1. The number of carbonyl (C=O) groups is 1. The standard InChI is InChI=1S/C22H25ClN2O4S/c23-16-12-13-20-19(14-16)25(30(27,28)18-10-6-3-7-11-18)15-21(29-20)22(26)24-17-8-4-1-2-5-9-17/h3,6-7,10-14,17,21H,1-2,4-5,8-9,15H2,(H,24,26)/t21-/m0/s1. The first-order chi connectivity index (χ1) is 14.4. The number of anilines is 1. The largest absolute Gasteiger partial charge is 0.476 e. The molecule has 2 aliphatic rings. The zero-order valence-electron chi connectivity index (χ0n) is 16.6. The lowest BCUT2D eigenvalue weighted by atomic mass is 10.1. The molecule has 1 atom stereocenters.